The molecule has 0 aliphatic carbocycles. The summed E-state index contributed by atoms with van der Waals surface area (Å²) in [4.78, 5) is 30.0. The molecule has 0 aliphatic heterocycles. The number of benzene rings is 2. The van der Waals surface area contributed by atoms with Crippen LogP contribution in [0.3, 0.4) is 0 Å². The molecule has 31 heavy (non-hydrogen) atoms. The van der Waals surface area contributed by atoms with Gasteiger partial charge in [-0.05, 0) is 51.5 Å². The van der Waals surface area contributed by atoms with Gasteiger partial charge >= 0.3 is 0 Å². The first-order valence-electron chi connectivity index (χ1n) is 10.7. The highest BCUT2D eigenvalue weighted by atomic mass is 16.5. The van der Waals surface area contributed by atoms with Crippen LogP contribution in [0.1, 0.15) is 48.1 Å². The Labute approximate surface area is 182 Å². The first-order chi connectivity index (χ1) is 15.0. The number of carbonyl (C=O) groups is 2. The van der Waals surface area contributed by atoms with Gasteiger partial charge in [0.05, 0.1) is 17.1 Å². The van der Waals surface area contributed by atoms with Crippen molar-refractivity contribution in [3.63, 3.8) is 0 Å². The molecule has 0 radical (unpaired) electrons. The lowest BCUT2D eigenvalue weighted by atomic mass is 10.1. The van der Waals surface area contributed by atoms with E-state index in [1.54, 1.807) is 6.07 Å². The molecule has 1 heterocycles. The zero-order valence-electron chi connectivity index (χ0n) is 18.4. The number of hydrogen-bond acceptors (Lipinski definition) is 4. The predicted octanol–water partition coefficient (Wildman–Crippen LogP) is 3.38. The minimum Gasteiger partial charge on any atom is -0.382 e. The number of aryl methyl sites for hydroxylation is 1. The topological polar surface area (TPSA) is 85.2 Å². The van der Waals surface area contributed by atoms with Crippen LogP contribution >= 0.6 is 0 Å². The van der Waals surface area contributed by atoms with Crippen LogP contribution in [0.4, 0.5) is 0 Å². The highest BCUT2D eigenvalue weighted by molar-refractivity contribution is 5.94. The van der Waals surface area contributed by atoms with Crippen molar-refractivity contribution in [3.8, 4) is 0 Å². The van der Waals surface area contributed by atoms with Gasteiger partial charge in [0.15, 0.2) is 0 Å². The fourth-order valence-electron chi connectivity index (χ4n) is 3.47. The molecule has 0 bridgehead atoms. The van der Waals surface area contributed by atoms with E-state index in [4.69, 9.17) is 9.72 Å². The molecule has 0 saturated heterocycles. The van der Waals surface area contributed by atoms with Crippen molar-refractivity contribution in [2.24, 2.45) is 0 Å². The lowest BCUT2D eigenvalue weighted by Gasteiger charge is -2.16. The summed E-state index contributed by atoms with van der Waals surface area (Å²) in [5.74, 6) is 0.375. The van der Waals surface area contributed by atoms with Crippen molar-refractivity contribution in [1.82, 2.24) is 20.2 Å². The lowest BCUT2D eigenvalue weighted by Crippen LogP contribution is -2.32. The number of nitrogens with one attached hydrogen (secondary N) is 2. The zero-order valence-corrected chi connectivity index (χ0v) is 18.4. The fraction of sp³-hybridized carbons (Fsp3) is 0.375. The minimum atomic E-state index is -0.369. The summed E-state index contributed by atoms with van der Waals surface area (Å²) in [6.07, 6.45) is 0.764. The Kier molecular flexibility index (Phi) is 7.78. The summed E-state index contributed by atoms with van der Waals surface area (Å²) in [5.41, 5.74) is 3.27. The highest BCUT2D eigenvalue weighted by Crippen LogP contribution is 2.21. The summed E-state index contributed by atoms with van der Waals surface area (Å²) in [6, 6.07) is 14.7. The highest BCUT2D eigenvalue weighted by Gasteiger charge is 2.20. The van der Waals surface area contributed by atoms with Gasteiger partial charge in [0.25, 0.3) is 5.91 Å². The third-order valence-corrected chi connectivity index (χ3v) is 4.99. The molecule has 2 amide bonds. The van der Waals surface area contributed by atoms with Gasteiger partial charge in [-0.25, -0.2) is 4.98 Å². The molecule has 7 heteroatoms. The first kappa shape index (κ1) is 22.5. The minimum absolute atomic E-state index is 0.0990. The number of aromatic nitrogens is 2. The van der Waals surface area contributed by atoms with Gasteiger partial charge < -0.3 is 19.9 Å². The average Bonchev–Trinajstić information content (AvgIpc) is 3.12. The number of imidazole rings is 1. The fourth-order valence-corrected chi connectivity index (χ4v) is 3.47. The first-order valence-corrected chi connectivity index (χ1v) is 10.7. The van der Waals surface area contributed by atoms with Crippen LogP contribution in [0.5, 0.6) is 0 Å². The van der Waals surface area contributed by atoms with Gasteiger partial charge in [0.1, 0.15) is 12.4 Å². The van der Waals surface area contributed by atoms with Crippen LogP contribution in [0.2, 0.25) is 0 Å². The van der Waals surface area contributed by atoms with E-state index >= 15 is 0 Å². The average molecular weight is 423 g/mol. The standard InChI is InChI=1S/C24H30N4O3/c1-4-31-14-8-13-25-22(29)16-28-21-12-6-5-11-20(21)27-23(28)18(3)26-24(30)19-10-7-9-17(2)15-19/h5-7,9-12,15,18H,4,8,13-14,16H2,1-3H3,(H,25,29)(H,26,30). The monoisotopic (exact) mass is 422 g/mol. The maximum atomic E-state index is 12.7. The Morgan fingerprint density at radius 1 is 1.16 bits per heavy atom. The van der Waals surface area contributed by atoms with E-state index in [1.165, 1.54) is 0 Å². The Morgan fingerprint density at radius 3 is 2.74 bits per heavy atom. The molecule has 0 aliphatic rings. The normalized spacial score (nSPS) is 12.0. The van der Waals surface area contributed by atoms with Gasteiger partial charge in [-0.1, -0.05) is 29.8 Å². The molecule has 0 spiro atoms. The number of fused-ring (bicyclic) bond motifs is 1. The molecular weight excluding hydrogens is 392 g/mol. The number of rotatable bonds is 10. The van der Waals surface area contributed by atoms with Crippen molar-refractivity contribution < 1.29 is 14.3 Å². The van der Waals surface area contributed by atoms with Crippen LogP contribution in [-0.2, 0) is 16.1 Å². The van der Waals surface area contributed by atoms with Crippen LogP contribution in [0.25, 0.3) is 11.0 Å². The van der Waals surface area contributed by atoms with E-state index in [0.717, 1.165) is 23.0 Å². The molecule has 1 unspecified atom stereocenters. The van der Waals surface area contributed by atoms with Gasteiger partial charge in [0.2, 0.25) is 5.91 Å². The Balaban J connectivity index is 1.75. The molecule has 7 nitrogen and oxygen atoms in total. The Morgan fingerprint density at radius 2 is 1.97 bits per heavy atom. The van der Waals surface area contributed by atoms with Gasteiger partial charge in [-0.2, -0.15) is 0 Å². The second-order valence-corrected chi connectivity index (χ2v) is 7.51. The van der Waals surface area contributed by atoms with E-state index in [0.29, 0.717) is 31.1 Å². The SMILES string of the molecule is CCOCCCNC(=O)Cn1c(C(C)NC(=O)c2cccc(C)c2)nc2ccccc21. The molecule has 2 N–H and O–H groups in total. The maximum absolute atomic E-state index is 12.7. The zero-order chi connectivity index (χ0) is 22.2. The lowest BCUT2D eigenvalue weighted by molar-refractivity contribution is -0.121. The number of hydrogen-bond donors (Lipinski definition) is 2. The largest absolute Gasteiger partial charge is 0.382 e. The van der Waals surface area contributed by atoms with E-state index in [1.807, 2.05) is 67.8 Å². The maximum Gasteiger partial charge on any atom is 0.251 e. The van der Waals surface area contributed by atoms with E-state index < -0.39 is 0 Å². The van der Waals surface area contributed by atoms with E-state index in [9.17, 15) is 9.59 Å². The summed E-state index contributed by atoms with van der Waals surface area (Å²) in [7, 11) is 0. The summed E-state index contributed by atoms with van der Waals surface area (Å²) in [5, 5.41) is 5.94. The molecule has 0 saturated carbocycles. The van der Waals surface area contributed by atoms with Crippen molar-refractivity contribution in [2.75, 3.05) is 19.8 Å². The van der Waals surface area contributed by atoms with Crippen LogP contribution < -0.4 is 10.6 Å². The molecule has 1 aromatic heterocycles. The summed E-state index contributed by atoms with van der Waals surface area (Å²) < 4.78 is 7.17. The molecule has 164 valence electrons. The van der Waals surface area contributed by atoms with Crippen molar-refractivity contribution in [1.29, 1.82) is 0 Å². The summed E-state index contributed by atoms with van der Waals surface area (Å²) in [6.45, 7) is 7.76. The molecule has 1 atom stereocenters. The number of carbonyl (C=O) groups excluding carboxylic acids is 2. The number of nitrogens with zero attached hydrogens (tertiary/aromatic N) is 2. The smallest absolute Gasteiger partial charge is 0.251 e. The van der Waals surface area contributed by atoms with E-state index in [2.05, 4.69) is 10.6 Å². The molecule has 3 rings (SSSR count). The molecule has 3 aromatic rings. The summed E-state index contributed by atoms with van der Waals surface area (Å²) >= 11 is 0. The van der Waals surface area contributed by atoms with Crippen molar-refractivity contribution >= 4 is 22.8 Å². The predicted molar refractivity (Wildman–Crippen MR) is 121 cm³/mol. The second-order valence-electron chi connectivity index (χ2n) is 7.51. The third kappa shape index (κ3) is 5.92. The van der Waals surface area contributed by atoms with Crippen LogP contribution in [-0.4, -0.2) is 41.1 Å². The molecule has 0 fully saturated rings. The van der Waals surface area contributed by atoms with Gasteiger partial charge in [-0.15, -0.1) is 0 Å². The quantitative estimate of drug-likeness (QED) is 0.491. The van der Waals surface area contributed by atoms with E-state index in [-0.39, 0.29) is 24.4 Å². The number of ether oxygens (including phenoxy) is 1. The van der Waals surface area contributed by atoms with Crippen LogP contribution in [0.15, 0.2) is 48.5 Å². The Hall–Kier alpha value is -3.19. The van der Waals surface area contributed by atoms with Crippen LogP contribution in [0, 0.1) is 6.92 Å². The molecule has 2 aromatic carbocycles. The molecular formula is C24H30N4O3. The van der Waals surface area contributed by atoms with Gasteiger partial charge in [0, 0.05) is 25.3 Å². The van der Waals surface area contributed by atoms with Crippen molar-refractivity contribution in [3.05, 3.63) is 65.5 Å². The second kappa shape index (κ2) is 10.7. The third-order valence-electron chi connectivity index (χ3n) is 4.99. The number of para-hydroxylation sites is 2. The number of amides is 2. The van der Waals surface area contributed by atoms with Gasteiger partial charge in [-0.3, -0.25) is 9.59 Å². The van der Waals surface area contributed by atoms with Crippen molar-refractivity contribution in [2.45, 2.75) is 39.8 Å². The Bertz CT molecular complexity index is 1040.